The molecule has 4 rings (SSSR count). The fourth-order valence-corrected chi connectivity index (χ4v) is 3.44. The van der Waals surface area contributed by atoms with E-state index < -0.39 is 5.54 Å². The highest BCUT2D eigenvalue weighted by molar-refractivity contribution is 6.33. The van der Waals surface area contributed by atoms with Crippen molar-refractivity contribution in [2.75, 3.05) is 0 Å². The highest BCUT2D eigenvalue weighted by atomic mass is 35.5. The van der Waals surface area contributed by atoms with Crippen LogP contribution in [-0.4, -0.2) is 15.3 Å². The summed E-state index contributed by atoms with van der Waals surface area (Å²) in [5, 5.41) is 8.82. The molecule has 0 bridgehead atoms. The van der Waals surface area contributed by atoms with E-state index in [4.69, 9.17) is 26.4 Å². The lowest BCUT2D eigenvalue weighted by atomic mass is 9.98. The molecule has 6 nitrogen and oxygen atoms in total. The van der Waals surface area contributed by atoms with Crippen molar-refractivity contribution >= 4 is 11.6 Å². The van der Waals surface area contributed by atoms with Gasteiger partial charge in [-0.3, -0.25) is 0 Å². The first-order valence-electron chi connectivity index (χ1n) is 7.93. The van der Waals surface area contributed by atoms with Crippen LogP contribution in [0, 0.1) is 6.92 Å². The number of aromatic nitrogens is 3. The molecule has 0 amide bonds. The number of halogens is 1. The molecule has 1 aliphatic carbocycles. The Labute approximate surface area is 144 Å². The second-order valence-electron chi connectivity index (χ2n) is 6.23. The fraction of sp³-hybridized carbons (Fsp3) is 0.353. The quantitative estimate of drug-likeness (QED) is 0.769. The standard InChI is InChI=1S/C17H17ClN4O2/c1-10-13(14(21-23-10)11-6-2-3-7-12(11)18)15-20-16(22-24-15)17(19)8-4-5-9-17/h2-3,6-7H,4-5,8-9,19H2,1H3. The first-order valence-corrected chi connectivity index (χ1v) is 8.31. The molecule has 7 heteroatoms. The van der Waals surface area contributed by atoms with Crippen LogP contribution in [0.15, 0.2) is 33.3 Å². The maximum absolute atomic E-state index is 6.41. The molecule has 0 atom stereocenters. The van der Waals surface area contributed by atoms with E-state index in [9.17, 15) is 0 Å². The topological polar surface area (TPSA) is 91.0 Å². The SMILES string of the molecule is Cc1onc(-c2ccccc2Cl)c1-c1nc(C2(N)CCCC2)no1. The summed E-state index contributed by atoms with van der Waals surface area (Å²) >= 11 is 6.29. The predicted molar refractivity (Wildman–Crippen MR) is 89.3 cm³/mol. The van der Waals surface area contributed by atoms with Crippen LogP contribution < -0.4 is 5.73 Å². The van der Waals surface area contributed by atoms with Crippen molar-refractivity contribution in [1.82, 2.24) is 15.3 Å². The Kier molecular flexibility index (Phi) is 3.66. The molecule has 0 spiro atoms. The number of aryl methyl sites for hydroxylation is 1. The molecule has 1 fully saturated rings. The van der Waals surface area contributed by atoms with Crippen LogP contribution in [0.2, 0.25) is 5.02 Å². The summed E-state index contributed by atoms with van der Waals surface area (Å²) in [6, 6.07) is 7.43. The van der Waals surface area contributed by atoms with Crippen LogP contribution in [0.5, 0.6) is 0 Å². The Morgan fingerprint density at radius 3 is 2.62 bits per heavy atom. The smallest absolute Gasteiger partial charge is 0.263 e. The average molecular weight is 345 g/mol. The van der Waals surface area contributed by atoms with Gasteiger partial charge in [-0.05, 0) is 25.8 Å². The van der Waals surface area contributed by atoms with Crippen LogP contribution in [0.25, 0.3) is 22.7 Å². The van der Waals surface area contributed by atoms with Gasteiger partial charge in [0.2, 0.25) is 0 Å². The van der Waals surface area contributed by atoms with E-state index in [-0.39, 0.29) is 0 Å². The minimum atomic E-state index is -0.503. The van der Waals surface area contributed by atoms with Crippen molar-refractivity contribution in [3.05, 3.63) is 40.9 Å². The minimum Gasteiger partial charge on any atom is -0.360 e. The summed E-state index contributed by atoms with van der Waals surface area (Å²) in [4.78, 5) is 4.54. The third-order valence-corrected chi connectivity index (χ3v) is 4.90. The highest BCUT2D eigenvalue weighted by Gasteiger charge is 2.36. The number of hydrogen-bond acceptors (Lipinski definition) is 6. The van der Waals surface area contributed by atoms with Gasteiger partial charge in [0.1, 0.15) is 17.0 Å². The van der Waals surface area contributed by atoms with E-state index in [2.05, 4.69) is 15.3 Å². The number of benzene rings is 1. The molecule has 0 radical (unpaired) electrons. The summed E-state index contributed by atoms with van der Waals surface area (Å²) in [6.45, 7) is 1.81. The van der Waals surface area contributed by atoms with Crippen molar-refractivity contribution in [3.63, 3.8) is 0 Å². The zero-order valence-corrected chi connectivity index (χ0v) is 14.0. The summed E-state index contributed by atoms with van der Waals surface area (Å²) in [7, 11) is 0. The highest BCUT2D eigenvalue weighted by Crippen LogP contribution is 2.39. The first-order chi connectivity index (χ1) is 11.6. The lowest BCUT2D eigenvalue weighted by Gasteiger charge is -2.17. The molecule has 3 aromatic rings. The predicted octanol–water partition coefficient (Wildman–Crippen LogP) is 4.08. The second-order valence-corrected chi connectivity index (χ2v) is 6.64. The normalized spacial score (nSPS) is 16.6. The molecule has 2 N–H and O–H groups in total. The lowest BCUT2D eigenvalue weighted by molar-refractivity contribution is 0.371. The lowest BCUT2D eigenvalue weighted by Crippen LogP contribution is -2.34. The van der Waals surface area contributed by atoms with Gasteiger partial charge in [-0.2, -0.15) is 4.98 Å². The van der Waals surface area contributed by atoms with Crippen LogP contribution >= 0.6 is 11.6 Å². The van der Waals surface area contributed by atoms with E-state index in [1.54, 1.807) is 13.0 Å². The molecule has 0 aliphatic heterocycles. The molecule has 2 aromatic heterocycles. The Balaban J connectivity index is 1.80. The van der Waals surface area contributed by atoms with Crippen molar-refractivity contribution in [3.8, 4) is 22.7 Å². The number of rotatable bonds is 3. The maximum atomic E-state index is 6.41. The summed E-state index contributed by atoms with van der Waals surface area (Å²) in [5.74, 6) is 1.49. The van der Waals surface area contributed by atoms with E-state index in [0.717, 1.165) is 31.2 Å². The van der Waals surface area contributed by atoms with E-state index in [1.165, 1.54) is 0 Å². The first kappa shape index (κ1) is 15.4. The third kappa shape index (κ3) is 2.42. The maximum Gasteiger partial charge on any atom is 0.263 e. The monoisotopic (exact) mass is 344 g/mol. The van der Waals surface area contributed by atoms with Crippen molar-refractivity contribution in [1.29, 1.82) is 0 Å². The Morgan fingerprint density at radius 2 is 1.88 bits per heavy atom. The van der Waals surface area contributed by atoms with Crippen LogP contribution in [0.4, 0.5) is 0 Å². The minimum absolute atomic E-state index is 0.357. The van der Waals surface area contributed by atoms with Crippen LogP contribution in [0.3, 0.4) is 0 Å². The fourth-order valence-electron chi connectivity index (χ4n) is 3.22. The van der Waals surface area contributed by atoms with E-state index >= 15 is 0 Å². The van der Waals surface area contributed by atoms with Gasteiger partial charge in [0.25, 0.3) is 5.89 Å². The average Bonchev–Trinajstić information content (AvgIpc) is 3.28. The molecule has 0 saturated heterocycles. The van der Waals surface area contributed by atoms with Gasteiger partial charge in [0.05, 0.1) is 10.6 Å². The summed E-state index contributed by atoms with van der Waals surface area (Å²) in [5.41, 5.74) is 7.91. The molecule has 24 heavy (non-hydrogen) atoms. The molecule has 124 valence electrons. The molecular weight excluding hydrogens is 328 g/mol. The number of hydrogen-bond donors (Lipinski definition) is 1. The molecular formula is C17H17ClN4O2. The Bertz CT molecular complexity index is 880. The van der Waals surface area contributed by atoms with Gasteiger partial charge in [-0.1, -0.05) is 53.0 Å². The van der Waals surface area contributed by atoms with Crippen LogP contribution in [-0.2, 0) is 5.54 Å². The molecule has 2 heterocycles. The van der Waals surface area contributed by atoms with E-state index in [0.29, 0.717) is 33.8 Å². The van der Waals surface area contributed by atoms with Gasteiger partial charge >= 0.3 is 0 Å². The van der Waals surface area contributed by atoms with E-state index in [1.807, 2.05) is 18.2 Å². The Hall–Kier alpha value is -2.18. The Morgan fingerprint density at radius 1 is 1.12 bits per heavy atom. The van der Waals surface area contributed by atoms with Gasteiger partial charge in [-0.15, -0.1) is 0 Å². The largest absolute Gasteiger partial charge is 0.360 e. The van der Waals surface area contributed by atoms with Crippen molar-refractivity contribution in [2.24, 2.45) is 5.73 Å². The summed E-state index contributed by atoms with van der Waals surface area (Å²) in [6.07, 6.45) is 3.90. The molecule has 1 saturated carbocycles. The second kappa shape index (κ2) is 5.72. The van der Waals surface area contributed by atoms with Crippen molar-refractivity contribution in [2.45, 2.75) is 38.1 Å². The van der Waals surface area contributed by atoms with Crippen molar-refractivity contribution < 1.29 is 9.05 Å². The molecule has 1 aliphatic rings. The number of nitrogens with two attached hydrogens (primary N) is 1. The van der Waals surface area contributed by atoms with Crippen LogP contribution in [0.1, 0.15) is 37.3 Å². The summed E-state index contributed by atoms with van der Waals surface area (Å²) < 4.78 is 10.8. The zero-order valence-electron chi connectivity index (χ0n) is 13.3. The van der Waals surface area contributed by atoms with Gasteiger partial charge in [-0.25, -0.2) is 0 Å². The third-order valence-electron chi connectivity index (χ3n) is 4.57. The number of nitrogens with zero attached hydrogens (tertiary/aromatic N) is 3. The van der Waals surface area contributed by atoms with Gasteiger partial charge in [0.15, 0.2) is 5.82 Å². The zero-order chi connectivity index (χ0) is 16.7. The molecule has 1 aromatic carbocycles. The van der Waals surface area contributed by atoms with Gasteiger partial charge < -0.3 is 14.8 Å². The molecule has 0 unspecified atom stereocenters. The van der Waals surface area contributed by atoms with Gasteiger partial charge in [0, 0.05) is 5.56 Å².